The van der Waals surface area contributed by atoms with Gasteiger partial charge in [-0.15, -0.1) is 0 Å². The van der Waals surface area contributed by atoms with Gasteiger partial charge in [-0.05, 0) is 18.2 Å². The molecule has 1 unspecified atom stereocenters. The molecular formula is C16H15NO3. The minimum atomic E-state index is -0.293. The lowest BCUT2D eigenvalue weighted by Crippen LogP contribution is -2.32. The van der Waals surface area contributed by atoms with Gasteiger partial charge >= 0.3 is 0 Å². The molecule has 1 aliphatic rings. The van der Waals surface area contributed by atoms with Gasteiger partial charge in [0.05, 0.1) is 0 Å². The monoisotopic (exact) mass is 269 g/mol. The normalized spacial score (nSPS) is 16.4. The molecule has 1 atom stereocenters. The van der Waals surface area contributed by atoms with Crippen LogP contribution in [0.1, 0.15) is 11.5 Å². The number of phenols is 1. The first-order valence-corrected chi connectivity index (χ1v) is 6.45. The van der Waals surface area contributed by atoms with E-state index in [-0.39, 0.29) is 17.6 Å². The number of fused-ring (bicyclic) bond motifs is 1. The molecule has 0 aliphatic carbocycles. The predicted octanol–water partition coefficient (Wildman–Crippen LogP) is 2.53. The van der Waals surface area contributed by atoms with Gasteiger partial charge in [0.15, 0.2) is 0 Å². The number of amides is 1. The molecule has 1 amide bonds. The SMILES string of the molecule is CN(C(=O)C1COc2ccccc21)c1cccc(O)c1. The zero-order chi connectivity index (χ0) is 14.1. The minimum absolute atomic E-state index is 0.0412. The molecule has 20 heavy (non-hydrogen) atoms. The Kier molecular flexibility index (Phi) is 3.06. The van der Waals surface area contributed by atoms with Crippen molar-refractivity contribution >= 4 is 11.6 Å². The maximum atomic E-state index is 12.6. The number of para-hydroxylation sites is 1. The third kappa shape index (κ3) is 2.09. The van der Waals surface area contributed by atoms with E-state index in [0.717, 1.165) is 11.3 Å². The molecule has 0 fully saturated rings. The van der Waals surface area contributed by atoms with Gasteiger partial charge < -0.3 is 14.7 Å². The van der Waals surface area contributed by atoms with Crippen molar-refractivity contribution in [1.29, 1.82) is 0 Å². The molecule has 3 rings (SSSR count). The number of benzene rings is 2. The van der Waals surface area contributed by atoms with Crippen LogP contribution in [0.25, 0.3) is 0 Å². The smallest absolute Gasteiger partial charge is 0.237 e. The van der Waals surface area contributed by atoms with Gasteiger partial charge in [-0.2, -0.15) is 0 Å². The van der Waals surface area contributed by atoms with E-state index in [0.29, 0.717) is 12.3 Å². The molecule has 2 aromatic rings. The summed E-state index contributed by atoms with van der Waals surface area (Å²) in [5.41, 5.74) is 1.59. The highest BCUT2D eigenvalue weighted by atomic mass is 16.5. The van der Waals surface area contributed by atoms with E-state index in [2.05, 4.69) is 0 Å². The maximum Gasteiger partial charge on any atom is 0.237 e. The van der Waals surface area contributed by atoms with Crippen LogP contribution >= 0.6 is 0 Å². The van der Waals surface area contributed by atoms with Gasteiger partial charge in [-0.3, -0.25) is 4.79 Å². The van der Waals surface area contributed by atoms with Crippen molar-refractivity contribution in [2.75, 3.05) is 18.6 Å². The van der Waals surface area contributed by atoms with Crippen LogP contribution in [0.15, 0.2) is 48.5 Å². The summed E-state index contributed by atoms with van der Waals surface area (Å²) in [7, 11) is 1.71. The molecular weight excluding hydrogens is 254 g/mol. The molecule has 4 nitrogen and oxygen atoms in total. The van der Waals surface area contributed by atoms with Crippen LogP contribution in [-0.2, 0) is 4.79 Å². The highest BCUT2D eigenvalue weighted by Crippen LogP contribution is 2.35. The number of likely N-dealkylation sites (N-methyl/N-ethyl adjacent to an activating group) is 1. The number of ether oxygens (including phenoxy) is 1. The van der Waals surface area contributed by atoms with Crippen molar-refractivity contribution in [3.05, 3.63) is 54.1 Å². The quantitative estimate of drug-likeness (QED) is 0.911. The van der Waals surface area contributed by atoms with E-state index in [1.54, 1.807) is 36.2 Å². The molecule has 0 bridgehead atoms. The fourth-order valence-electron chi connectivity index (χ4n) is 2.43. The third-order valence-electron chi connectivity index (χ3n) is 3.55. The summed E-state index contributed by atoms with van der Waals surface area (Å²) >= 11 is 0. The van der Waals surface area contributed by atoms with E-state index < -0.39 is 0 Å². The number of phenolic OH excluding ortho intramolecular Hbond substituents is 1. The number of aromatic hydroxyl groups is 1. The Morgan fingerprint density at radius 3 is 2.85 bits per heavy atom. The number of hydrogen-bond acceptors (Lipinski definition) is 3. The topological polar surface area (TPSA) is 49.8 Å². The van der Waals surface area contributed by atoms with Gasteiger partial charge in [0.25, 0.3) is 0 Å². The van der Waals surface area contributed by atoms with Gasteiger partial charge in [-0.25, -0.2) is 0 Å². The lowest BCUT2D eigenvalue weighted by Gasteiger charge is -2.20. The van der Waals surface area contributed by atoms with Crippen LogP contribution in [0.2, 0.25) is 0 Å². The second-order valence-electron chi connectivity index (χ2n) is 4.82. The van der Waals surface area contributed by atoms with Crippen molar-refractivity contribution in [2.24, 2.45) is 0 Å². The summed E-state index contributed by atoms with van der Waals surface area (Å²) in [6, 6.07) is 14.2. The first-order valence-electron chi connectivity index (χ1n) is 6.45. The highest BCUT2D eigenvalue weighted by molar-refractivity contribution is 5.98. The van der Waals surface area contributed by atoms with Gasteiger partial charge in [0.1, 0.15) is 24.0 Å². The summed E-state index contributed by atoms with van der Waals surface area (Å²) in [5.74, 6) is 0.583. The number of hydrogen-bond donors (Lipinski definition) is 1. The molecule has 0 spiro atoms. The Labute approximate surface area is 117 Å². The van der Waals surface area contributed by atoms with E-state index in [1.165, 1.54) is 0 Å². The van der Waals surface area contributed by atoms with Crippen molar-refractivity contribution in [1.82, 2.24) is 0 Å². The van der Waals surface area contributed by atoms with Crippen LogP contribution in [0.3, 0.4) is 0 Å². The van der Waals surface area contributed by atoms with Gasteiger partial charge in [0, 0.05) is 24.4 Å². The molecule has 1 heterocycles. The number of anilines is 1. The first kappa shape index (κ1) is 12.5. The fourth-order valence-corrected chi connectivity index (χ4v) is 2.43. The molecule has 102 valence electrons. The van der Waals surface area contributed by atoms with Crippen LogP contribution in [0.5, 0.6) is 11.5 Å². The summed E-state index contributed by atoms with van der Waals surface area (Å²) in [4.78, 5) is 14.1. The first-order chi connectivity index (χ1) is 9.66. The molecule has 2 aromatic carbocycles. The zero-order valence-electron chi connectivity index (χ0n) is 11.1. The summed E-state index contributed by atoms with van der Waals surface area (Å²) < 4.78 is 5.55. The summed E-state index contributed by atoms with van der Waals surface area (Å²) in [6.45, 7) is 0.362. The van der Waals surface area contributed by atoms with Crippen LogP contribution < -0.4 is 9.64 Å². The Morgan fingerprint density at radius 1 is 1.25 bits per heavy atom. The van der Waals surface area contributed by atoms with Crippen LogP contribution in [-0.4, -0.2) is 24.7 Å². The van der Waals surface area contributed by atoms with Crippen molar-refractivity contribution in [3.8, 4) is 11.5 Å². The molecule has 1 N–H and O–H groups in total. The maximum absolute atomic E-state index is 12.6. The van der Waals surface area contributed by atoms with Crippen LogP contribution in [0, 0.1) is 0 Å². The van der Waals surface area contributed by atoms with E-state index in [4.69, 9.17) is 4.74 Å². The standard InChI is InChI=1S/C16H15NO3/c1-17(11-5-4-6-12(18)9-11)16(19)14-10-20-15-8-3-2-7-13(14)15/h2-9,14,18H,10H2,1H3. The third-order valence-corrected chi connectivity index (χ3v) is 3.55. The van der Waals surface area contributed by atoms with Crippen molar-refractivity contribution < 1.29 is 14.6 Å². The van der Waals surface area contributed by atoms with Gasteiger partial charge in [0.2, 0.25) is 5.91 Å². The Bertz CT molecular complexity index is 654. The second-order valence-corrected chi connectivity index (χ2v) is 4.82. The van der Waals surface area contributed by atoms with Crippen molar-refractivity contribution in [2.45, 2.75) is 5.92 Å². The molecule has 0 saturated carbocycles. The van der Waals surface area contributed by atoms with Crippen LogP contribution in [0.4, 0.5) is 5.69 Å². The lowest BCUT2D eigenvalue weighted by molar-refractivity contribution is -0.119. The number of carbonyl (C=O) groups is 1. The average molecular weight is 269 g/mol. The highest BCUT2D eigenvalue weighted by Gasteiger charge is 2.32. The van der Waals surface area contributed by atoms with E-state index in [1.807, 2.05) is 24.3 Å². The lowest BCUT2D eigenvalue weighted by atomic mass is 10.00. The largest absolute Gasteiger partial charge is 0.508 e. The zero-order valence-corrected chi connectivity index (χ0v) is 11.1. The molecule has 4 heteroatoms. The van der Waals surface area contributed by atoms with E-state index >= 15 is 0 Å². The predicted molar refractivity (Wildman–Crippen MR) is 76.2 cm³/mol. The second kappa shape index (κ2) is 4.89. The number of carbonyl (C=O) groups excluding carboxylic acids is 1. The van der Waals surface area contributed by atoms with Gasteiger partial charge in [-0.1, -0.05) is 24.3 Å². The summed E-state index contributed by atoms with van der Waals surface area (Å²) in [6.07, 6.45) is 0. The molecule has 1 aliphatic heterocycles. The number of rotatable bonds is 2. The Balaban J connectivity index is 1.87. The molecule has 0 radical (unpaired) electrons. The molecule has 0 saturated heterocycles. The number of nitrogens with zero attached hydrogens (tertiary/aromatic N) is 1. The summed E-state index contributed by atoms with van der Waals surface area (Å²) in [5, 5.41) is 9.50. The van der Waals surface area contributed by atoms with Crippen molar-refractivity contribution in [3.63, 3.8) is 0 Å². The average Bonchev–Trinajstić information content (AvgIpc) is 2.89. The van der Waals surface area contributed by atoms with E-state index in [9.17, 15) is 9.90 Å². The Morgan fingerprint density at radius 2 is 2.05 bits per heavy atom. The fraction of sp³-hybridized carbons (Fsp3) is 0.188. The Hall–Kier alpha value is -2.49. The molecule has 0 aromatic heterocycles. The minimum Gasteiger partial charge on any atom is -0.508 e.